The summed E-state index contributed by atoms with van der Waals surface area (Å²) >= 11 is 2.03. The highest BCUT2D eigenvalue weighted by Crippen LogP contribution is 2.36. The highest BCUT2D eigenvalue weighted by Gasteiger charge is 2.28. The third kappa shape index (κ3) is 3.61. The Balaban J connectivity index is 1.96. The summed E-state index contributed by atoms with van der Waals surface area (Å²) < 4.78 is 0.332. The number of thioether (sulfide) groups is 1. The van der Waals surface area contributed by atoms with E-state index in [0.717, 1.165) is 12.1 Å². The molecule has 0 spiro atoms. The third-order valence-electron chi connectivity index (χ3n) is 3.36. The molecular weight excluding hydrogens is 260 g/mol. The van der Waals surface area contributed by atoms with Crippen LogP contribution >= 0.6 is 11.8 Å². The number of nitrogens with two attached hydrogens (primary N) is 1. The number of aromatic nitrogens is 1. The number of pyridine rings is 1. The van der Waals surface area contributed by atoms with E-state index in [9.17, 15) is 0 Å². The van der Waals surface area contributed by atoms with Crippen LogP contribution in [0.25, 0.3) is 0 Å². The monoisotopic (exact) mass is 280 g/mol. The molecule has 1 unspecified atom stereocenters. The second-order valence-electron chi connectivity index (χ2n) is 5.00. The van der Waals surface area contributed by atoms with Crippen molar-refractivity contribution in [1.82, 2.24) is 10.3 Å². The molecule has 19 heavy (non-hydrogen) atoms. The average Bonchev–Trinajstić information content (AvgIpc) is 2.85. The van der Waals surface area contributed by atoms with Gasteiger partial charge in [-0.15, -0.1) is 0 Å². The van der Waals surface area contributed by atoms with Gasteiger partial charge in [-0.1, -0.05) is 11.2 Å². The van der Waals surface area contributed by atoms with Crippen molar-refractivity contribution in [2.24, 2.45) is 10.9 Å². The first-order valence-electron chi connectivity index (χ1n) is 6.41. The van der Waals surface area contributed by atoms with Gasteiger partial charge in [0.05, 0.1) is 0 Å². The lowest BCUT2D eigenvalue weighted by atomic mass is 10.1. The smallest absolute Gasteiger partial charge is 0.189 e. The van der Waals surface area contributed by atoms with Crippen molar-refractivity contribution < 1.29 is 5.21 Å². The lowest BCUT2D eigenvalue weighted by Gasteiger charge is -2.23. The Kier molecular flexibility index (Phi) is 4.66. The van der Waals surface area contributed by atoms with E-state index in [1.807, 2.05) is 23.9 Å². The predicted molar refractivity (Wildman–Crippen MR) is 78.6 cm³/mol. The SMILES string of the molecule is CC1(CNCc2cccnc2/C(N)=N/O)CCCS1. The minimum absolute atomic E-state index is 0.0545. The van der Waals surface area contributed by atoms with Crippen LogP contribution in [0.2, 0.25) is 0 Å². The number of hydrogen-bond acceptors (Lipinski definition) is 5. The van der Waals surface area contributed by atoms with Gasteiger partial charge in [-0.05, 0) is 37.1 Å². The van der Waals surface area contributed by atoms with Crippen LogP contribution in [0.4, 0.5) is 0 Å². The second-order valence-corrected chi connectivity index (χ2v) is 6.68. The van der Waals surface area contributed by atoms with Gasteiger partial charge in [0.2, 0.25) is 0 Å². The molecule has 0 amide bonds. The first-order valence-corrected chi connectivity index (χ1v) is 7.40. The number of nitrogens with one attached hydrogen (secondary N) is 1. The van der Waals surface area contributed by atoms with Crippen LogP contribution in [0.15, 0.2) is 23.5 Å². The summed E-state index contributed by atoms with van der Waals surface area (Å²) in [4.78, 5) is 4.16. The molecule has 1 saturated heterocycles. The van der Waals surface area contributed by atoms with Gasteiger partial charge in [-0.25, -0.2) is 0 Å². The van der Waals surface area contributed by atoms with E-state index in [1.165, 1.54) is 18.6 Å². The maximum Gasteiger partial charge on any atom is 0.189 e. The first-order chi connectivity index (χ1) is 9.14. The van der Waals surface area contributed by atoms with E-state index >= 15 is 0 Å². The van der Waals surface area contributed by atoms with E-state index in [4.69, 9.17) is 10.9 Å². The van der Waals surface area contributed by atoms with Crippen LogP contribution in [-0.2, 0) is 6.54 Å². The number of oxime groups is 1. The molecule has 0 radical (unpaired) electrons. The highest BCUT2D eigenvalue weighted by atomic mass is 32.2. The lowest BCUT2D eigenvalue weighted by Crippen LogP contribution is -2.33. The summed E-state index contributed by atoms with van der Waals surface area (Å²) in [5.74, 6) is 1.30. The highest BCUT2D eigenvalue weighted by molar-refractivity contribution is 8.00. The third-order valence-corrected chi connectivity index (χ3v) is 4.89. The van der Waals surface area contributed by atoms with Crippen molar-refractivity contribution in [1.29, 1.82) is 0 Å². The fourth-order valence-corrected chi connectivity index (χ4v) is 3.57. The zero-order chi connectivity index (χ0) is 13.7. The van der Waals surface area contributed by atoms with Gasteiger partial charge in [-0.2, -0.15) is 11.8 Å². The van der Waals surface area contributed by atoms with Gasteiger partial charge >= 0.3 is 0 Å². The molecule has 1 aromatic rings. The molecule has 104 valence electrons. The van der Waals surface area contributed by atoms with Gasteiger partial charge in [0.1, 0.15) is 5.69 Å². The Morgan fingerprint density at radius 1 is 1.68 bits per heavy atom. The molecule has 0 saturated carbocycles. The van der Waals surface area contributed by atoms with Crippen LogP contribution in [0.5, 0.6) is 0 Å². The minimum atomic E-state index is 0.0545. The van der Waals surface area contributed by atoms with Crippen LogP contribution in [0.3, 0.4) is 0 Å². The summed E-state index contributed by atoms with van der Waals surface area (Å²) in [7, 11) is 0. The van der Waals surface area contributed by atoms with E-state index in [1.54, 1.807) is 6.20 Å². The maximum absolute atomic E-state index is 8.75. The Labute approximate surface area is 117 Å². The zero-order valence-electron chi connectivity index (χ0n) is 11.1. The molecular formula is C13H20N4OS. The molecule has 5 nitrogen and oxygen atoms in total. The lowest BCUT2D eigenvalue weighted by molar-refractivity contribution is 0.318. The molecule has 2 heterocycles. The summed E-state index contributed by atoms with van der Waals surface area (Å²) in [6, 6.07) is 3.80. The van der Waals surface area contributed by atoms with Crippen LogP contribution in [-0.4, -0.2) is 33.1 Å². The molecule has 0 bridgehead atoms. The summed E-state index contributed by atoms with van der Waals surface area (Å²) in [5.41, 5.74) is 7.11. The van der Waals surface area contributed by atoms with Crippen molar-refractivity contribution in [3.05, 3.63) is 29.6 Å². The average molecular weight is 280 g/mol. The Hall–Kier alpha value is -1.27. The number of hydrogen-bond donors (Lipinski definition) is 3. The molecule has 1 atom stereocenters. The summed E-state index contributed by atoms with van der Waals surface area (Å²) in [6.45, 7) is 3.93. The zero-order valence-corrected chi connectivity index (χ0v) is 11.9. The minimum Gasteiger partial charge on any atom is -0.409 e. The van der Waals surface area contributed by atoms with Crippen LogP contribution in [0.1, 0.15) is 31.0 Å². The molecule has 0 aliphatic carbocycles. The maximum atomic E-state index is 8.75. The summed E-state index contributed by atoms with van der Waals surface area (Å²) in [5, 5.41) is 15.2. The fourth-order valence-electron chi connectivity index (χ4n) is 2.30. The Morgan fingerprint density at radius 3 is 3.21 bits per heavy atom. The Bertz CT molecular complexity index is 458. The molecule has 1 aliphatic rings. The molecule has 0 aromatic carbocycles. The van der Waals surface area contributed by atoms with Gasteiger partial charge in [-0.3, -0.25) is 4.98 Å². The summed E-state index contributed by atoms with van der Waals surface area (Å²) in [6.07, 6.45) is 4.20. The van der Waals surface area contributed by atoms with E-state index in [-0.39, 0.29) is 5.84 Å². The largest absolute Gasteiger partial charge is 0.409 e. The van der Waals surface area contributed by atoms with Crippen molar-refractivity contribution in [3.8, 4) is 0 Å². The first kappa shape index (κ1) is 14.1. The molecule has 1 fully saturated rings. The quantitative estimate of drug-likeness (QED) is 0.330. The number of nitrogens with zero attached hydrogens (tertiary/aromatic N) is 2. The van der Waals surface area contributed by atoms with E-state index in [0.29, 0.717) is 17.0 Å². The van der Waals surface area contributed by atoms with Gasteiger partial charge in [0.15, 0.2) is 5.84 Å². The number of amidine groups is 1. The standard InChI is InChI=1S/C13H20N4OS/c1-13(5-3-7-19-13)9-15-8-10-4-2-6-16-11(10)12(14)17-18/h2,4,6,15,18H,3,5,7-9H2,1H3,(H2,14,17). The van der Waals surface area contributed by atoms with Gasteiger partial charge < -0.3 is 16.3 Å². The van der Waals surface area contributed by atoms with Crippen LogP contribution < -0.4 is 11.1 Å². The second kappa shape index (κ2) is 6.25. The predicted octanol–water partition coefficient (Wildman–Crippen LogP) is 1.55. The van der Waals surface area contributed by atoms with Crippen molar-refractivity contribution in [3.63, 3.8) is 0 Å². The molecule has 1 aliphatic heterocycles. The normalized spacial score (nSPS) is 23.7. The van der Waals surface area contributed by atoms with Crippen LogP contribution in [0, 0.1) is 0 Å². The van der Waals surface area contributed by atoms with Crippen molar-refractivity contribution >= 4 is 17.6 Å². The molecule has 6 heteroatoms. The molecule has 2 rings (SSSR count). The van der Waals surface area contributed by atoms with Crippen molar-refractivity contribution in [2.75, 3.05) is 12.3 Å². The number of rotatable bonds is 5. The molecule has 4 N–H and O–H groups in total. The topological polar surface area (TPSA) is 83.5 Å². The van der Waals surface area contributed by atoms with E-state index < -0.39 is 0 Å². The van der Waals surface area contributed by atoms with Gasteiger partial charge in [0, 0.05) is 24.0 Å². The molecule has 1 aromatic heterocycles. The van der Waals surface area contributed by atoms with E-state index in [2.05, 4.69) is 22.4 Å². The fraction of sp³-hybridized carbons (Fsp3) is 0.538. The Morgan fingerprint density at radius 2 is 2.53 bits per heavy atom. The van der Waals surface area contributed by atoms with Crippen molar-refractivity contribution in [2.45, 2.75) is 31.1 Å². The van der Waals surface area contributed by atoms with Gasteiger partial charge in [0.25, 0.3) is 0 Å².